The molecule has 0 radical (unpaired) electrons. The van der Waals surface area contributed by atoms with Crippen molar-refractivity contribution in [2.24, 2.45) is 17.8 Å². The van der Waals surface area contributed by atoms with Crippen molar-refractivity contribution in [2.75, 3.05) is 0 Å². The van der Waals surface area contributed by atoms with E-state index in [0.717, 1.165) is 18.4 Å². The maximum Gasteiger partial charge on any atom is 0.333 e. The van der Waals surface area contributed by atoms with E-state index in [2.05, 4.69) is 6.08 Å². The maximum atomic E-state index is 13.2. The molecule has 0 aromatic carbocycles. The average Bonchev–Trinajstić information content (AvgIpc) is 3.41. The van der Waals surface area contributed by atoms with Gasteiger partial charge in [-0.05, 0) is 60.3 Å². The van der Waals surface area contributed by atoms with Gasteiger partial charge in [-0.1, -0.05) is 31.6 Å². The van der Waals surface area contributed by atoms with Crippen molar-refractivity contribution in [2.45, 2.75) is 112 Å². The molecule has 0 aromatic rings. The molecule has 1 aliphatic heterocycles. The van der Waals surface area contributed by atoms with Crippen LogP contribution in [0, 0.1) is 17.8 Å². The molecule has 2 aliphatic rings. The van der Waals surface area contributed by atoms with Crippen molar-refractivity contribution in [3.05, 3.63) is 23.3 Å². The van der Waals surface area contributed by atoms with Gasteiger partial charge < -0.3 is 18.9 Å². The van der Waals surface area contributed by atoms with Gasteiger partial charge in [-0.25, -0.2) is 4.79 Å². The molecule has 0 bridgehead atoms. The number of carbonyl (C=O) groups is 3. The van der Waals surface area contributed by atoms with Gasteiger partial charge in [0.05, 0.1) is 11.5 Å². The van der Waals surface area contributed by atoms with Gasteiger partial charge in [-0.15, -0.1) is 0 Å². The van der Waals surface area contributed by atoms with Crippen LogP contribution in [-0.2, 0) is 33.3 Å². The fourth-order valence-electron chi connectivity index (χ4n) is 4.64. The van der Waals surface area contributed by atoms with E-state index in [-0.39, 0.29) is 23.9 Å². The van der Waals surface area contributed by atoms with Gasteiger partial charge >= 0.3 is 17.9 Å². The molecule has 7 nitrogen and oxygen atoms in total. The van der Waals surface area contributed by atoms with Gasteiger partial charge in [0.25, 0.3) is 0 Å². The second-order valence-electron chi connectivity index (χ2n) is 10.4. The number of hydrogen-bond donors (Lipinski definition) is 0. The van der Waals surface area contributed by atoms with Crippen LogP contribution in [-0.4, -0.2) is 47.9 Å². The van der Waals surface area contributed by atoms with Crippen LogP contribution in [0.2, 0.25) is 0 Å². The molecule has 0 saturated carbocycles. The van der Waals surface area contributed by atoms with Crippen LogP contribution in [0.4, 0.5) is 0 Å². The number of fused-ring (bicyclic) bond motifs is 1. The van der Waals surface area contributed by atoms with Gasteiger partial charge in [0, 0.05) is 24.8 Å². The molecule has 1 saturated heterocycles. The Morgan fingerprint density at radius 1 is 1.15 bits per heavy atom. The fraction of sp³-hybridized carbons (Fsp3) is 0.741. The van der Waals surface area contributed by atoms with Gasteiger partial charge in [0.2, 0.25) is 0 Å². The molecule has 0 amide bonds. The molecular weight excluding hydrogens is 436 g/mol. The quantitative estimate of drug-likeness (QED) is 0.169. The lowest BCUT2D eigenvalue weighted by Gasteiger charge is -2.37. The first-order valence-corrected chi connectivity index (χ1v) is 12.4. The Morgan fingerprint density at radius 2 is 1.79 bits per heavy atom. The highest BCUT2D eigenvalue weighted by Crippen LogP contribution is 2.48. The molecule has 2 rings (SSSR count). The molecule has 0 N–H and O–H groups in total. The summed E-state index contributed by atoms with van der Waals surface area (Å²) in [6.07, 6.45) is 4.12. The first-order valence-electron chi connectivity index (χ1n) is 12.4. The Balaban J connectivity index is 2.42. The van der Waals surface area contributed by atoms with Crippen molar-refractivity contribution in [1.82, 2.24) is 0 Å². The summed E-state index contributed by atoms with van der Waals surface area (Å²) in [5.74, 6) is -2.15. The van der Waals surface area contributed by atoms with Crippen LogP contribution in [0.5, 0.6) is 0 Å². The lowest BCUT2D eigenvalue weighted by molar-refractivity contribution is -0.172. The van der Waals surface area contributed by atoms with E-state index in [1.54, 1.807) is 33.8 Å². The molecule has 2 unspecified atom stereocenters. The monoisotopic (exact) mass is 478 g/mol. The molecular formula is C27H42O7. The SMILES string of the molecule is C/C=C(\C)C(=O)O[C@@H]1C/C(C)=C/CC[C@@]2(C)O[C@@H]2[C@@H](OC(=O)C(C)C(C)OC(C)=O)[C@H]1C(C)C. The van der Waals surface area contributed by atoms with Gasteiger partial charge in [0.15, 0.2) is 0 Å². The molecule has 192 valence electrons. The predicted molar refractivity (Wildman–Crippen MR) is 129 cm³/mol. The largest absolute Gasteiger partial charge is 0.462 e. The zero-order chi connectivity index (χ0) is 25.8. The highest BCUT2D eigenvalue weighted by atomic mass is 16.6. The minimum absolute atomic E-state index is 0.0448. The molecule has 1 heterocycles. The summed E-state index contributed by atoms with van der Waals surface area (Å²) in [5, 5.41) is 0. The maximum absolute atomic E-state index is 13.2. The molecule has 7 heteroatoms. The van der Waals surface area contributed by atoms with Crippen LogP contribution in [0.25, 0.3) is 0 Å². The van der Waals surface area contributed by atoms with Gasteiger partial charge in [-0.2, -0.15) is 0 Å². The standard InChI is InChI=1S/C27H42O7/c1-10-17(5)25(29)32-21-14-16(4)12-11-13-27(9)24(34-27)23(22(21)15(2)3)33-26(30)18(6)19(7)31-20(8)28/h10,12,15,18-19,21-24H,11,13-14H2,1-9H3/b16-12+,17-10+/t18?,19?,21-,22+,23+,24-,27-/m1/s1. The summed E-state index contributed by atoms with van der Waals surface area (Å²) in [5.41, 5.74) is 1.25. The molecule has 0 aromatic heterocycles. The van der Waals surface area contributed by atoms with Crippen LogP contribution in [0.15, 0.2) is 23.3 Å². The number of rotatable bonds is 7. The van der Waals surface area contributed by atoms with E-state index in [1.807, 2.05) is 27.7 Å². The highest BCUT2D eigenvalue weighted by molar-refractivity contribution is 5.87. The minimum Gasteiger partial charge on any atom is -0.462 e. The Bertz CT molecular complexity index is 827. The van der Waals surface area contributed by atoms with Gasteiger partial charge in [-0.3, -0.25) is 9.59 Å². The van der Waals surface area contributed by atoms with Crippen LogP contribution >= 0.6 is 0 Å². The number of hydrogen-bond acceptors (Lipinski definition) is 7. The number of epoxide rings is 1. The first-order chi connectivity index (χ1) is 15.8. The van der Waals surface area contributed by atoms with E-state index in [0.29, 0.717) is 12.0 Å². The second kappa shape index (κ2) is 11.5. The predicted octanol–water partition coefficient (Wildman–Crippen LogP) is 4.92. The van der Waals surface area contributed by atoms with Crippen LogP contribution in [0.1, 0.15) is 81.6 Å². The van der Waals surface area contributed by atoms with Gasteiger partial charge in [0.1, 0.15) is 24.4 Å². The van der Waals surface area contributed by atoms with Crippen molar-refractivity contribution in [3.63, 3.8) is 0 Å². The van der Waals surface area contributed by atoms with Crippen molar-refractivity contribution < 1.29 is 33.3 Å². The number of allylic oxidation sites excluding steroid dienone is 2. The van der Waals surface area contributed by atoms with E-state index in [4.69, 9.17) is 18.9 Å². The van der Waals surface area contributed by atoms with E-state index < -0.39 is 41.8 Å². The van der Waals surface area contributed by atoms with Crippen molar-refractivity contribution >= 4 is 17.9 Å². The highest BCUT2D eigenvalue weighted by Gasteiger charge is 2.60. The smallest absolute Gasteiger partial charge is 0.333 e. The van der Waals surface area contributed by atoms with Crippen LogP contribution in [0.3, 0.4) is 0 Å². The molecule has 34 heavy (non-hydrogen) atoms. The summed E-state index contributed by atoms with van der Waals surface area (Å²) >= 11 is 0. The molecule has 7 atom stereocenters. The minimum atomic E-state index is -0.648. The second-order valence-corrected chi connectivity index (χ2v) is 10.4. The lowest BCUT2D eigenvalue weighted by atomic mass is 9.78. The van der Waals surface area contributed by atoms with Crippen molar-refractivity contribution in [3.8, 4) is 0 Å². The third-order valence-corrected chi connectivity index (χ3v) is 7.17. The first kappa shape index (κ1) is 28.1. The molecule has 1 aliphatic carbocycles. The Kier molecular flexibility index (Phi) is 9.52. The normalized spacial score (nSPS) is 33.0. The summed E-state index contributed by atoms with van der Waals surface area (Å²) in [6.45, 7) is 16.4. The average molecular weight is 479 g/mol. The van der Waals surface area contributed by atoms with E-state index in [1.165, 1.54) is 6.92 Å². The summed E-state index contributed by atoms with van der Waals surface area (Å²) in [6, 6.07) is 0. The lowest BCUT2D eigenvalue weighted by Crippen LogP contribution is -2.46. The third kappa shape index (κ3) is 6.94. The number of ether oxygens (including phenoxy) is 4. The molecule has 1 fully saturated rings. The zero-order valence-electron chi connectivity index (χ0n) is 22.2. The Morgan fingerprint density at radius 3 is 2.35 bits per heavy atom. The number of esters is 3. The van der Waals surface area contributed by atoms with Crippen LogP contribution < -0.4 is 0 Å². The van der Waals surface area contributed by atoms with E-state index >= 15 is 0 Å². The fourth-order valence-corrected chi connectivity index (χ4v) is 4.64. The van der Waals surface area contributed by atoms with E-state index in [9.17, 15) is 14.4 Å². The summed E-state index contributed by atoms with van der Waals surface area (Å²) < 4.78 is 23.5. The topological polar surface area (TPSA) is 91.4 Å². The summed E-state index contributed by atoms with van der Waals surface area (Å²) in [7, 11) is 0. The third-order valence-electron chi connectivity index (χ3n) is 7.17. The summed E-state index contributed by atoms with van der Waals surface area (Å²) in [4.78, 5) is 37.3. The Hall–Kier alpha value is -2.15. The molecule has 0 spiro atoms. The number of carbonyl (C=O) groups excluding carboxylic acids is 3. The van der Waals surface area contributed by atoms with Crippen molar-refractivity contribution in [1.29, 1.82) is 0 Å². The zero-order valence-corrected chi connectivity index (χ0v) is 22.2. The Labute approximate surface area is 204 Å².